The molecule has 1 fully saturated rings. The van der Waals surface area contributed by atoms with Crippen LogP contribution in [0.5, 0.6) is 5.75 Å². The molecule has 0 spiro atoms. The fourth-order valence-electron chi connectivity index (χ4n) is 3.19. The van der Waals surface area contributed by atoms with Crippen LogP contribution < -0.4 is 19.9 Å². The van der Waals surface area contributed by atoms with Gasteiger partial charge in [0.2, 0.25) is 0 Å². The van der Waals surface area contributed by atoms with E-state index in [1.54, 1.807) is 23.1 Å². The lowest BCUT2D eigenvalue weighted by molar-refractivity contribution is -0.898. The quantitative estimate of drug-likeness (QED) is 0.792. The molecule has 2 aromatic carbocycles. The van der Waals surface area contributed by atoms with Crippen LogP contribution in [0.2, 0.25) is 5.02 Å². The van der Waals surface area contributed by atoms with Gasteiger partial charge in [0.1, 0.15) is 0 Å². The van der Waals surface area contributed by atoms with E-state index in [0.717, 1.165) is 38.4 Å². The van der Waals surface area contributed by atoms with Gasteiger partial charge in [0.25, 0.3) is 5.91 Å². The van der Waals surface area contributed by atoms with Crippen molar-refractivity contribution in [2.75, 3.05) is 49.5 Å². The van der Waals surface area contributed by atoms with E-state index in [0.29, 0.717) is 10.7 Å². The summed E-state index contributed by atoms with van der Waals surface area (Å²) < 4.78 is 18.9. The first kappa shape index (κ1) is 19.5. The molecule has 2 aromatic rings. The van der Waals surface area contributed by atoms with Gasteiger partial charge >= 0.3 is 0 Å². The average Bonchev–Trinajstić information content (AvgIpc) is 2.68. The van der Waals surface area contributed by atoms with Crippen molar-refractivity contribution in [1.29, 1.82) is 0 Å². The number of anilines is 2. The molecule has 0 saturated carbocycles. The summed E-state index contributed by atoms with van der Waals surface area (Å²) in [5, 5.41) is 3.39. The monoisotopic (exact) mass is 392 g/mol. The topological polar surface area (TPSA) is 46.0 Å². The molecular formula is C20H24ClFN3O2+. The lowest BCUT2D eigenvalue weighted by Gasteiger charge is -2.34. The molecule has 0 radical (unpaired) electrons. The number of amides is 1. The number of hydrogen-bond acceptors (Lipinski definition) is 3. The van der Waals surface area contributed by atoms with Crippen molar-refractivity contribution >= 4 is 28.9 Å². The number of likely N-dealkylation sites (N-methyl/N-ethyl adjacent to an activating group) is 1. The highest BCUT2D eigenvalue weighted by atomic mass is 35.5. The van der Waals surface area contributed by atoms with E-state index in [-0.39, 0.29) is 18.3 Å². The van der Waals surface area contributed by atoms with Crippen molar-refractivity contribution < 1.29 is 18.8 Å². The minimum Gasteiger partial charge on any atom is -0.481 e. The summed E-state index contributed by atoms with van der Waals surface area (Å²) >= 11 is 6.12. The van der Waals surface area contributed by atoms with E-state index in [4.69, 9.17) is 16.3 Å². The van der Waals surface area contributed by atoms with Crippen molar-refractivity contribution in [1.82, 2.24) is 0 Å². The Hall–Kier alpha value is -2.31. The normalized spacial score (nSPS) is 14.9. The Bertz CT molecular complexity index is 795. The number of rotatable bonds is 6. The number of hydrogen-bond donors (Lipinski definition) is 2. The Morgan fingerprint density at radius 3 is 2.70 bits per heavy atom. The SMILES string of the molecule is CC[NH+]1CCN(c2ccc(Cl)cc2NC(=O)COc2ccccc2F)CC1. The lowest BCUT2D eigenvalue weighted by atomic mass is 10.2. The number of benzene rings is 2. The first-order valence-corrected chi connectivity index (χ1v) is 9.50. The number of quaternary nitrogens is 1. The van der Waals surface area contributed by atoms with Crippen molar-refractivity contribution in [2.24, 2.45) is 0 Å². The number of nitrogens with one attached hydrogen (secondary N) is 2. The second kappa shape index (κ2) is 9.06. The molecule has 0 atom stereocenters. The standard InChI is InChI=1S/C20H23ClFN3O2/c1-2-24-9-11-25(12-10-24)18-8-7-15(21)13-17(18)23-20(26)14-27-19-6-4-3-5-16(19)22/h3-8,13H,2,9-12,14H2,1H3,(H,23,26)/p+1. The third-order valence-electron chi connectivity index (χ3n) is 4.74. The minimum absolute atomic E-state index is 0.0534. The Morgan fingerprint density at radius 1 is 1.26 bits per heavy atom. The van der Waals surface area contributed by atoms with Gasteiger partial charge in [-0.2, -0.15) is 0 Å². The van der Waals surface area contributed by atoms with E-state index in [1.807, 2.05) is 12.1 Å². The van der Waals surface area contributed by atoms with Crippen LogP contribution in [0.3, 0.4) is 0 Å². The Balaban J connectivity index is 1.66. The molecular weight excluding hydrogens is 369 g/mol. The van der Waals surface area contributed by atoms with Gasteiger partial charge in [-0.1, -0.05) is 23.7 Å². The zero-order chi connectivity index (χ0) is 19.2. The second-order valence-corrected chi connectivity index (χ2v) is 6.96. The third-order valence-corrected chi connectivity index (χ3v) is 4.97. The number of carbonyl (C=O) groups excluding carboxylic acids is 1. The molecule has 0 aromatic heterocycles. The number of carbonyl (C=O) groups is 1. The highest BCUT2D eigenvalue weighted by Crippen LogP contribution is 2.29. The summed E-state index contributed by atoms with van der Waals surface area (Å²) in [4.78, 5) is 16.1. The predicted molar refractivity (Wildman–Crippen MR) is 105 cm³/mol. The van der Waals surface area contributed by atoms with E-state index in [1.165, 1.54) is 12.1 Å². The van der Waals surface area contributed by atoms with Crippen molar-refractivity contribution in [3.05, 3.63) is 53.3 Å². The highest BCUT2D eigenvalue weighted by molar-refractivity contribution is 6.31. The van der Waals surface area contributed by atoms with E-state index in [9.17, 15) is 9.18 Å². The van der Waals surface area contributed by atoms with Gasteiger partial charge in [-0.05, 0) is 37.3 Å². The van der Waals surface area contributed by atoms with E-state index >= 15 is 0 Å². The fourth-order valence-corrected chi connectivity index (χ4v) is 3.37. The molecule has 1 heterocycles. The average molecular weight is 393 g/mol. The van der Waals surface area contributed by atoms with Crippen molar-refractivity contribution in [2.45, 2.75) is 6.92 Å². The van der Waals surface area contributed by atoms with Gasteiger partial charge in [-0.3, -0.25) is 4.79 Å². The van der Waals surface area contributed by atoms with E-state index in [2.05, 4.69) is 17.1 Å². The molecule has 144 valence electrons. The number of halogens is 2. The molecule has 1 aliphatic rings. The molecule has 0 bridgehead atoms. The molecule has 0 aliphatic carbocycles. The maximum Gasteiger partial charge on any atom is 0.262 e. The largest absolute Gasteiger partial charge is 0.481 e. The second-order valence-electron chi connectivity index (χ2n) is 6.52. The molecule has 1 saturated heterocycles. The van der Waals surface area contributed by atoms with Crippen LogP contribution in [0, 0.1) is 5.82 Å². The van der Waals surface area contributed by atoms with Gasteiger partial charge in [-0.15, -0.1) is 0 Å². The summed E-state index contributed by atoms with van der Waals surface area (Å²) in [5.74, 6) is -0.803. The van der Waals surface area contributed by atoms with Crippen LogP contribution in [0.25, 0.3) is 0 Å². The molecule has 27 heavy (non-hydrogen) atoms. The Labute approximate surface area is 163 Å². The fraction of sp³-hybridized carbons (Fsp3) is 0.350. The summed E-state index contributed by atoms with van der Waals surface area (Å²) in [7, 11) is 0. The Morgan fingerprint density at radius 2 is 2.00 bits per heavy atom. The van der Waals surface area contributed by atoms with Crippen LogP contribution in [0.4, 0.5) is 15.8 Å². The molecule has 7 heteroatoms. The molecule has 1 aliphatic heterocycles. The zero-order valence-electron chi connectivity index (χ0n) is 15.3. The van der Waals surface area contributed by atoms with Gasteiger partial charge in [0.15, 0.2) is 18.2 Å². The lowest BCUT2D eigenvalue weighted by Crippen LogP contribution is -3.14. The van der Waals surface area contributed by atoms with Crippen LogP contribution in [0.1, 0.15) is 6.92 Å². The van der Waals surface area contributed by atoms with Crippen LogP contribution in [0.15, 0.2) is 42.5 Å². The van der Waals surface area contributed by atoms with Gasteiger partial charge in [0, 0.05) is 5.02 Å². The molecule has 2 N–H and O–H groups in total. The number of para-hydroxylation sites is 1. The predicted octanol–water partition coefficient (Wildman–Crippen LogP) is 2.22. The first-order valence-electron chi connectivity index (χ1n) is 9.12. The molecule has 1 amide bonds. The number of nitrogens with zero attached hydrogens (tertiary/aromatic N) is 1. The minimum atomic E-state index is -0.495. The summed E-state index contributed by atoms with van der Waals surface area (Å²) in [6, 6.07) is 11.5. The summed E-state index contributed by atoms with van der Waals surface area (Å²) in [5.41, 5.74) is 1.58. The Kier molecular flexibility index (Phi) is 6.53. The van der Waals surface area contributed by atoms with Crippen molar-refractivity contribution in [3.8, 4) is 5.75 Å². The summed E-state index contributed by atoms with van der Waals surface area (Å²) in [6.45, 7) is 6.98. The molecule has 5 nitrogen and oxygen atoms in total. The highest BCUT2D eigenvalue weighted by Gasteiger charge is 2.21. The van der Waals surface area contributed by atoms with Gasteiger partial charge in [-0.25, -0.2) is 4.39 Å². The van der Waals surface area contributed by atoms with Crippen LogP contribution in [-0.4, -0.2) is 45.2 Å². The number of ether oxygens (including phenoxy) is 1. The van der Waals surface area contributed by atoms with Crippen LogP contribution in [-0.2, 0) is 4.79 Å². The summed E-state index contributed by atoms with van der Waals surface area (Å²) in [6.07, 6.45) is 0. The first-order chi connectivity index (χ1) is 13.1. The molecule has 3 rings (SSSR count). The van der Waals surface area contributed by atoms with Gasteiger partial charge in [0.05, 0.1) is 44.1 Å². The van der Waals surface area contributed by atoms with Crippen LogP contribution >= 0.6 is 11.6 Å². The maximum atomic E-state index is 13.6. The van der Waals surface area contributed by atoms with E-state index < -0.39 is 5.82 Å². The van der Waals surface area contributed by atoms with Crippen molar-refractivity contribution in [3.63, 3.8) is 0 Å². The maximum absolute atomic E-state index is 13.6. The molecule has 0 unspecified atom stereocenters. The third kappa shape index (κ3) is 5.11. The van der Waals surface area contributed by atoms with Gasteiger partial charge < -0.3 is 19.9 Å². The zero-order valence-corrected chi connectivity index (χ0v) is 16.1. The smallest absolute Gasteiger partial charge is 0.262 e. The number of piperazine rings is 1.